The number of aliphatic hydroxyl groups is 5. The SMILES string of the molecule is CCCCCCC/C=C/CC/C=C/C(O)C(COC1OC(CO)C(O)C(O)C1O)NC(=O)CCCCCCCCCCCCCCC/C=C\CCCCCCCCCCCCCCOC(=O)CCCCCCCCCCCCC. The predicted octanol–water partition coefficient (Wildman–Crippen LogP) is 16.6. The second kappa shape index (κ2) is 57.7. The third kappa shape index (κ3) is 47.0. The van der Waals surface area contributed by atoms with E-state index in [1.54, 1.807) is 6.08 Å². The van der Waals surface area contributed by atoms with Crippen LogP contribution >= 0.6 is 0 Å². The van der Waals surface area contributed by atoms with E-state index in [1.165, 1.54) is 238 Å². The number of rotatable bonds is 59. The molecule has 0 radical (unpaired) electrons. The molecule has 7 unspecified atom stereocenters. The molecule has 464 valence electrons. The summed E-state index contributed by atoms with van der Waals surface area (Å²) in [6, 6.07) is -0.826. The van der Waals surface area contributed by atoms with Crippen molar-refractivity contribution in [3.05, 3.63) is 36.5 Å². The van der Waals surface area contributed by atoms with Crippen molar-refractivity contribution in [3.63, 3.8) is 0 Å². The van der Waals surface area contributed by atoms with Crippen molar-refractivity contribution in [1.29, 1.82) is 0 Å². The molecule has 1 heterocycles. The van der Waals surface area contributed by atoms with Crippen LogP contribution < -0.4 is 5.32 Å². The second-order valence-electron chi connectivity index (χ2n) is 23.5. The quantitative estimate of drug-likeness (QED) is 0.0195. The highest BCUT2D eigenvalue weighted by molar-refractivity contribution is 5.76. The Morgan fingerprint density at radius 2 is 0.823 bits per heavy atom. The predicted molar refractivity (Wildman–Crippen MR) is 329 cm³/mol. The van der Waals surface area contributed by atoms with Gasteiger partial charge in [-0.1, -0.05) is 275 Å². The van der Waals surface area contributed by atoms with E-state index in [0.29, 0.717) is 19.4 Å². The Hall–Kier alpha value is -2.12. The summed E-state index contributed by atoms with van der Waals surface area (Å²) in [6.45, 7) is 4.32. The molecule has 0 aromatic heterocycles. The Bertz CT molecular complexity index is 1410. The highest BCUT2D eigenvalue weighted by atomic mass is 16.7. The smallest absolute Gasteiger partial charge is 0.305 e. The van der Waals surface area contributed by atoms with E-state index in [4.69, 9.17) is 14.2 Å². The lowest BCUT2D eigenvalue weighted by molar-refractivity contribution is -0.302. The summed E-state index contributed by atoms with van der Waals surface area (Å²) in [7, 11) is 0. The number of carbonyl (C=O) groups excluding carboxylic acids is 2. The molecular weight excluding hydrogens is 991 g/mol. The first-order valence-corrected chi connectivity index (χ1v) is 33.8. The lowest BCUT2D eigenvalue weighted by atomic mass is 9.99. The van der Waals surface area contributed by atoms with E-state index < -0.39 is 49.5 Å². The van der Waals surface area contributed by atoms with Crippen molar-refractivity contribution >= 4 is 11.9 Å². The molecule has 1 fully saturated rings. The van der Waals surface area contributed by atoms with E-state index in [9.17, 15) is 35.1 Å². The molecule has 1 aliphatic heterocycles. The number of aliphatic hydroxyl groups excluding tert-OH is 5. The van der Waals surface area contributed by atoms with Gasteiger partial charge in [-0.05, 0) is 70.6 Å². The molecule has 1 aliphatic rings. The second-order valence-corrected chi connectivity index (χ2v) is 23.5. The van der Waals surface area contributed by atoms with E-state index in [0.717, 1.165) is 57.8 Å². The average Bonchev–Trinajstić information content (AvgIpc) is 3.49. The number of amides is 1. The Morgan fingerprint density at radius 1 is 0.456 bits per heavy atom. The highest BCUT2D eigenvalue weighted by Crippen LogP contribution is 2.23. The number of hydrogen-bond donors (Lipinski definition) is 6. The van der Waals surface area contributed by atoms with Crippen molar-refractivity contribution in [1.82, 2.24) is 5.32 Å². The number of esters is 1. The molecule has 1 saturated heterocycles. The van der Waals surface area contributed by atoms with Gasteiger partial charge in [0.1, 0.15) is 24.4 Å². The van der Waals surface area contributed by atoms with Crippen LogP contribution in [0.15, 0.2) is 36.5 Å². The van der Waals surface area contributed by atoms with Crippen LogP contribution in [0.1, 0.15) is 322 Å². The molecule has 0 aromatic rings. The van der Waals surface area contributed by atoms with Gasteiger partial charge in [-0.25, -0.2) is 0 Å². The number of ether oxygens (including phenoxy) is 3. The largest absolute Gasteiger partial charge is 0.466 e. The Balaban J connectivity index is 1.97. The molecule has 6 N–H and O–H groups in total. The summed E-state index contributed by atoms with van der Waals surface area (Å²) in [5.74, 6) is -0.184. The summed E-state index contributed by atoms with van der Waals surface area (Å²) in [5, 5.41) is 54.3. The summed E-state index contributed by atoms with van der Waals surface area (Å²) in [6.07, 6.45) is 62.8. The molecule has 1 rings (SSSR count). The van der Waals surface area contributed by atoms with Gasteiger partial charge in [0.2, 0.25) is 5.91 Å². The van der Waals surface area contributed by atoms with Crippen LogP contribution in [0.2, 0.25) is 0 Å². The average molecular weight is 1120 g/mol. The zero-order chi connectivity index (χ0) is 57.3. The molecule has 11 nitrogen and oxygen atoms in total. The van der Waals surface area contributed by atoms with Gasteiger partial charge in [0.15, 0.2) is 6.29 Å². The van der Waals surface area contributed by atoms with Crippen molar-refractivity contribution in [2.45, 2.75) is 365 Å². The maximum Gasteiger partial charge on any atom is 0.305 e. The van der Waals surface area contributed by atoms with Crippen LogP contribution in [0.3, 0.4) is 0 Å². The number of hydrogen-bond acceptors (Lipinski definition) is 10. The summed E-state index contributed by atoms with van der Waals surface area (Å²) >= 11 is 0. The standard InChI is InChI=1S/C68H127NO10/c1-3-5-7-9-11-13-34-38-42-46-50-54-61(71)60(59-78-68-67(76)66(75)65(74)62(58-70)79-68)69-63(72)55-51-47-43-39-36-32-30-28-26-24-22-20-18-16-15-17-19-21-23-25-27-29-31-33-37-41-45-49-53-57-77-64(73)56-52-48-44-40-35-14-12-10-8-6-4-2/h15,17,34,38,50,54,60-62,65-68,70-71,74-76H,3-14,16,18-33,35-37,39-49,51-53,55-59H2,1-2H3,(H,69,72)/b17-15-,38-34+,54-50+. The molecule has 7 atom stereocenters. The normalized spacial score (nSPS) is 18.6. The van der Waals surface area contributed by atoms with Gasteiger partial charge < -0.3 is 45.1 Å². The first kappa shape index (κ1) is 74.9. The highest BCUT2D eigenvalue weighted by Gasteiger charge is 2.44. The van der Waals surface area contributed by atoms with Crippen molar-refractivity contribution in [2.24, 2.45) is 0 Å². The van der Waals surface area contributed by atoms with Gasteiger partial charge in [0.05, 0.1) is 32.0 Å². The van der Waals surface area contributed by atoms with Crippen molar-refractivity contribution in [3.8, 4) is 0 Å². The number of unbranched alkanes of at least 4 members (excludes halogenated alkanes) is 41. The first-order chi connectivity index (χ1) is 38.7. The molecule has 0 saturated carbocycles. The minimum absolute atomic E-state index is 0.00730. The zero-order valence-corrected chi connectivity index (χ0v) is 51.3. The van der Waals surface area contributed by atoms with Gasteiger partial charge >= 0.3 is 5.97 Å². The summed E-state index contributed by atoms with van der Waals surface area (Å²) < 4.78 is 16.7. The maximum absolute atomic E-state index is 13.0. The topological polar surface area (TPSA) is 175 Å². The maximum atomic E-state index is 13.0. The minimum Gasteiger partial charge on any atom is -0.466 e. The lowest BCUT2D eigenvalue weighted by Gasteiger charge is -2.40. The third-order valence-corrected chi connectivity index (χ3v) is 16.0. The van der Waals surface area contributed by atoms with E-state index >= 15 is 0 Å². The molecule has 0 spiro atoms. The van der Waals surface area contributed by atoms with Gasteiger partial charge in [-0.3, -0.25) is 9.59 Å². The number of allylic oxidation sites excluding steroid dienone is 5. The minimum atomic E-state index is -1.58. The molecule has 0 aliphatic carbocycles. The van der Waals surface area contributed by atoms with Gasteiger partial charge in [-0.15, -0.1) is 0 Å². The molecule has 0 aromatic carbocycles. The van der Waals surface area contributed by atoms with Crippen LogP contribution in [-0.2, 0) is 23.8 Å². The van der Waals surface area contributed by atoms with E-state index in [1.807, 2.05) is 6.08 Å². The van der Waals surface area contributed by atoms with Crippen molar-refractivity contribution < 1.29 is 49.3 Å². The van der Waals surface area contributed by atoms with Crippen molar-refractivity contribution in [2.75, 3.05) is 19.8 Å². The molecule has 0 bridgehead atoms. The fourth-order valence-electron chi connectivity index (χ4n) is 10.6. The summed E-state index contributed by atoms with van der Waals surface area (Å²) in [5.41, 5.74) is 0. The summed E-state index contributed by atoms with van der Waals surface area (Å²) in [4.78, 5) is 25.0. The first-order valence-electron chi connectivity index (χ1n) is 33.8. The van der Waals surface area contributed by atoms with E-state index in [2.05, 4.69) is 43.5 Å². The van der Waals surface area contributed by atoms with Crippen LogP contribution in [0.4, 0.5) is 0 Å². The lowest BCUT2D eigenvalue weighted by Crippen LogP contribution is -2.60. The van der Waals surface area contributed by atoms with Crippen LogP contribution in [0.25, 0.3) is 0 Å². The van der Waals surface area contributed by atoms with Crippen LogP contribution in [0, 0.1) is 0 Å². The number of carbonyl (C=O) groups is 2. The Kier molecular flexibility index (Phi) is 54.7. The molecule has 79 heavy (non-hydrogen) atoms. The van der Waals surface area contributed by atoms with Crippen LogP contribution in [-0.4, -0.2) is 100 Å². The molecule has 11 heteroatoms. The van der Waals surface area contributed by atoms with E-state index in [-0.39, 0.29) is 18.5 Å². The van der Waals surface area contributed by atoms with Gasteiger partial charge in [0, 0.05) is 12.8 Å². The molecule has 1 amide bonds. The molecular formula is C68H127NO10. The zero-order valence-electron chi connectivity index (χ0n) is 51.3. The van der Waals surface area contributed by atoms with Crippen LogP contribution in [0.5, 0.6) is 0 Å². The Morgan fingerprint density at radius 3 is 1.25 bits per heavy atom. The fourth-order valence-corrected chi connectivity index (χ4v) is 10.6. The number of nitrogens with one attached hydrogen (secondary N) is 1. The Labute approximate surface area is 485 Å². The van der Waals surface area contributed by atoms with Gasteiger partial charge in [0.25, 0.3) is 0 Å². The fraction of sp³-hybridized carbons (Fsp3) is 0.882. The third-order valence-electron chi connectivity index (χ3n) is 16.0. The van der Waals surface area contributed by atoms with Gasteiger partial charge in [-0.2, -0.15) is 0 Å². The monoisotopic (exact) mass is 1120 g/mol.